The van der Waals surface area contributed by atoms with Crippen LogP contribution in [0.25, 0.3) is 166 Å². The highest BCUT2D eigenvalue weighted by molar-refractivity contribution is 6.14. The summed E-state index contributed by atoms with van der Waals surface area (Å²) in [5, 5.41) is 14.1. The third-order valence-corrected chi connectivity index (χ3v) is 18.0. The Balaban J connectivity index is 0.000000130. The fourth-order valence-electron chi connectivity index (χ4n) is 14.3. The highest BCUT2D eigenvalue weighted by Gasteiger charge is 2.25. The predicted octanol–water partition coefficient (Wildman–Crippen LogP) is 18.9. The Hall–Kier alpha value is -12.5. The average molecular weight is 1150 g/mol. The van der Waals surface area contributed by atoms with Crippen molar-refractivity contribution in [3.63, 3.8) is 0 Å². The van der Waals surface area contributed by atoms with Crippen molar-refractivity contribution in [2.45, 2.75) is 0 Å². The van der Waals surface area contributed by atoms with E-state index in [-0.39, 0.29) is 0 Å². The molecular formula is C79H49N11. The van der Waals surface area contributed by atoms with E-state index in [9.17, 15) is 0 Å². The van der Waals surface area contributed by atoms with Crippen molar-refractivity contribution in [3.05, 3.63) is 297 Å². The van der Waals surface area contributed by atoms with Gasteiger partial charge in [0.1, 0.15) is 11.6 Å². The van der Waals surface area contributed by atoms with Crippen LogP contribution in [0.15, 0.2) is 297 Å². The molecule has 0 saturated heterocycles. The minimum absolute atomic E-state index is 0.566. The summed E-state index contributed by atoms with van der Waals surface area (Å²) in [6, 6.07) is 104. The van der Waals surface area contributed by atoms with Gasteiger partial charge < -0.3 is 0 Å². The second kappa shape index (κ2) is 19.5. The van der Waals surface area contributed by atoms with Gasteiger partial charge in [-0.05, 0) is 72.8 Å². The third-order valence-electron chi connectivity index (χ3n) is 18.0. The Kier molecular flexibility index (Phi) is 10.8. The van der Waals surface area contributed by atoms with Gasteiger partial charge in [0.05, 0.1) is 66.2 Å². The lowest BCUT2D eigenvalue weighted by Gasteiger charge is -2.15. The van der Waals surface area contributed by atoms with Gasteiger partial charge in [0, 0.05) is 70.7 Å². The van der Waals surface area contributed by atoms with Crippen molar-refractivity contribution >= 4 is 131 Å². The number of nitrogens with zero attached hydrogens (tertiary/aromatic N) is 11. The van der Waals surface area contributed by atoms with E-state index in [2.05, 4.69) is 325 Å². The zero-order valence-corrected chi connectivity index (χ0v) is 48.2. The lowest BCUT2D eigenvalue weighted by molar-refractivity contribution is 0.848. The number of hydrogen-bond donors (Lipinski definition) is 0. The molecule has 0 fully saturated rings. The van der Waals surface area contributed by atoms with E-state index < -0.39 is 0 Å². The van der Waals surface area contributed by atoms with Crippen molar-refractivity contribution in [2.75, 3.05) is 0 Å². The summed E-state index contributed by atoms with van der Waals surface area (Å²) in [4.78, 5) is 26.6. The van der Waals surface area contributed by atoms with Gasteiger partial charge in [-0.15, -0.1) is 0 Å². The van der Waals surface area contributed by atoms with Crippen LogP contribution < -0.4 is 0 Å². The first-order chi connectivity index (χ1) is 44.7. The Labute approximate surface area is 513 Å². The SMILES string of the molecule is c1ccc2c(c1)c1ccccc1n2-c1cc(-n2c3ccccc3c3ccccc32)nc(-n2c3ccccc3c3ccccc32)n1.c1ccc2c(c1)c1ccccc1n2-c1nc(-n2c3ccccc3c3ccccc32)nc(-n2c3ccccc3c3ccccc32)n1. The summed E-state index contributed by atoms with van der Waals surface area (Å²) in [6.45, 7) is 0. The van der Waals surface area contributed by atoms with E-state index in [1.54, 1.807) is 0 Å². The van der Waals surface area contributed by atoms with E-state index in [1.165, 1.54) is 32.3 Å². The average Bonchev–Trinajstić information content (AvgIpc) is 1.70. The Morgan fingerprint density at radius 3 is 0.444 bits per heavy atom. The van der Waals surface area contributed by atoms with Crippen LogP contribution in [0.2, 0.25) is 0 Å². The van der Waals surface area contributed by atoms with Gasteiger partial charge in [-0.1, -0.05) is 218 Å². The summed E-state index contributed by atoms with van der Waals surface area (Å²) in [5.74, 6) is 3.96. The summed E-state index contributed by atoms with van der Waals surface area (Å²) in [6.07, 6.45) is 0. The summed E-state index contributed by atoms with van der Waals surface area (Å²) in [5.41, 5.74) is 12.9. The number of para-hydroxylation sites is 12. The lowest BCUT2D eigenvalue weighted by Crippen LogP contribution is -2.13. The van der Waals surface area contributed by atoms with Crippen LogP contribution in [-0.4, -0.2) is 52.3 Å². The molecule has 0 radical (unpaired) electrons. The van der Waals surface area contributed by atoms with Crippen LogP contribution >= 0.6 is 0 Å². The Bertz CT molecular complexity index is 4990. The molecule has 12 aromatic carbocycles. The molecule has 8 heterocycles. The molecule has 0 bridgehead atoms. The van der Waals surface area contributed by atoms with Gasteiger partial charge in [-0.3, -0.25) is 27.4 Å². The summed E-state index contributed by atoms with van der Waals surface area (Å²) >= 11 is 0. The number of hydrogen-bond acceptors (Lipinski definition) is 5. The van der Waals surface area contributed by atoms with Crippen molar-refractivity contribution in [1.29, 1.82) is 0 Å². The van der Waals surface area contributed by atoms with E-state index >= 15 is 0 Å². The molecule has 0 aliphatic rings. The normalized spacial score (nSPS) is 12.0. The monoisotopic (exact) mass is 1150 g/mol. The van der Waals surface area contributed by atoms with Gasteiger partial charge in [0.2, 0.25) is 23.8 Å². The Morgan fingerprint density at radius 1 is 0.144 bits per heavy atom. The van der Waals surface area contributed by atoms with Gasteiger partial charge in [-0.25, -0.2) is 0 Å². The van der Waals surface area contributed by atoms with Crippen molar-refractivity contribution in [2.24, 2.45) is 0 Å². The van der Waals surface area contributed by atoms with E-state index in [0.717, 1.165) is 110 Å². The minimum Gasteiger partial charge on any atom is -0.294 e. The number of benzene rings is 12. The highest BCUT2D eigenvalue weighted by Crippen LogP contribution is 2.40. The van der Waals surface area contributed by atoms with Crippen molar-refractivity contribution < 1.29 is 0 Å². The van der Waals surface area contributed by atoms with Crippen LogP contribution in [0.3, 0.4) is 0 Å². The molecule has 0 aliphatic heterocycles. The first kappa shape index (κ1) is 49.8. The predicted molar refractivity (Wildman–Crippen MR) is 368 cm³/mol. The molecule has 0 unspecified atom stereocenters. The van der Waals surface area contributed by atoms with Gasteiger partial charge >= 0.3 is 0 Å². The maximum atomic E-state index is 5.39. The first-order valence-corrected chi connectivity index (χ1v) is 30.3. The van der Waals surface area contributed by atoms with Crippen LogP contribution in [0.5, 0.6) is 0 Å². The first-order valence-electron chi connectivity index (χ1n) is 30.3. The van der Waals surface area contributed by atoms with Gasteiger partial charge in [0.15, 0.2) is 0 Å². The van der Waals surface area contributed by atoms with E-state index in [0.29, 0.717) is 23.8 Å². The van der Waals surface area contributed by atoms with Gasteiger partial charge in [0.25, 0.3) is 0 Å². The quantitative estimate of drug-likeness (QED) is 0.165. The maximum Gasteiger partial charge on any atom is 0.241 e. The van der Waals surface area contributed by atoms with E-state index in [1.807, 2.05) is 0 Å². The maximum absolute atomic E-state index is 5.39. The second-order valence-corrected chi connectivity index (χ2v) is 22.8. The molecule has 0 aliphatic carbocycles. The minimum atomic E-state index is 0.566. The van der Waals surface area contributed by atoms with Crippen molar-refractivity contribution in [1.82, 2.24) is 52.3 Å². The molecule has 90 heavy (non-hydrogen) atoms. The molecule has 0 saturated carbocycles. The number of aromatic nitrogens is 11. The molecule has 11 nitrogen and oxygen atoms in total. The molecular weight excluding hydrogens is 1100 g/mol. The third kappa shape index (κ3) is 7.31. The molecule has 0 N–H and O–H groups in total. The smallest absolute Gasteiger partial charge is 0.241 e. The molecule has 8 aromatic heterocycles. The topological polar surface area (TPSA) is 94.0 Å². The molecule has 20 rings (SSSR count). The van der Waals surface area contributed by atoms with Crippen molar-refractivity contribution in [3.8, 4) is 35.4 Å². The standard InChI is InChI=1S/C40H25N5.C39H24N6/c1-7-19-32-26(13-1)27-14-2-8-20-33(27)43(32)38-25-39(44-34-21-9-3-15-28(34)29-16-4-10-22-35(29)44)42-40(41-38)45-36-23-11-5-17-30(36)31-18-6-12-24-37(31)45;1-7-19-31-25(13-1)26-14-2-8-20-32(26)43(31)37-40-38(44-33-21-9-3-15-27(33)28-16-4-10-22-34(28)44)42-39(41-37)45-35-23-11-5-17-29(35)30-18-6-12-24-36(30)45/h1-25H;1-24H. The second-order valence-electron chi connectivity index (χ2n) is 22.8. The fourth-order valence-corrected chi connectivity index (χ4v) is 14.3. The molecule has 0 atom stereocenters. The van der Waals surface area contributed by atoms with E-state index in [4.69, 9.17) is 24.9 Å². The largest absolute Gasteiger partial charge is 0.294 e. The molecule has 0 amide bonds. The highest BCUT2D eigenvalue weighted by atomic mass is 15.3. The number of rotatable bonds is 6. The van der Waals surface area contributed by atoms with Crippen LogP contribution in [0.4, 0.5) is 0 Å². The van der Waals surface area contributed by atoms with Gasteiger partial charge in [-0.2, -0.15) is 24.9 Å². The molecule has 11 heteroatoms. The summed E-state index contributed by atoms with van der Waals surface area (Å²) in [7, 11) is 0. The lowest BCUT2D eigenvalue weighted by atomic mass is 10.2. The summed E-state index contributed by atoms with van der Waals surface area (Å²) < 4.78 is 13.3. The molecule has 420 valence electrons. The van der Waals surface area contributed by atoms with Crippen LogP contribution in [0, 0.1) is 0 Å². The Morgan fingerprint density at radius 2 is 0.278 bits per heavy atom. The van der Waals surface area contributed by atoms with Crippen LogP contribution in [-0.2, 0) is 0 Å². The molecule has 20 aromatic rings. The number of fused-ring (bicyclic) bond motifs is 18. The zero-order chi connectivity index (χ0) is 59.0. The van der Waals surface area contributed by atoms with Crippen LogP contribution in [0.1, 0.15) is 0 Å². The fraction of sp³-hybridized carbons (Fsp3) is 0. The molecule has 0 spiro atoms. The zero-order valence-electron chi connectivity index (χ0n) is 48.2.